The molecule has 0 aliphatic rings. The van der Waals surface area contributed by atoms with Crippen LogP contribution in [-0.2, 0) is 11.3 Å². The highest BCUT2D eigenvalue weighted by Gasteiger charge is 2.23. The molecule has 0 N–H and O–H groups in total. The Labute approximate surface area is 153 Å². The number of aromatic nitrogens is 2. The molecule has 0 saturated heterocycles. The van der Waals surface area contributed by atoms with Gasteiger partial charge in [-0.25, -0.2) is 0 Å². The highest BCUT2D eigenvalue weighted by Crippen LogP contribution is 2.23. The molecule has 0 bridgehead atoms. The maximum Gasteiger partial charge on any atom is 0.247 e. The van der Waals surface area contributed by atoms with Crippen molar-refractivity contribution in [3.05, 3.63) is 71.6 Å². The van der Waals surface area contributed by atoms with Gasteiger partial charge in [-0.2, -0.15) is 0 Å². The molecule has 5 heteroatoms. The molecule has 0 aliphatic heterocycles. The molecule has 0 aliphatic carbocycles. The Kier molecular flexibility index (Phi) is 5.46. The lowest BCUT2D eigenvalue weighted by Crippen LogP contribution is -2.31. The van der Waals surface area contributed by atoms with Gasteiger partial charge < -0.3 is 9.32 Å². The number of hydrogen-bond acceptors (Lipinski definition) is 4. The quantitative estimate of drug-likeness (QED) is 0.669. The van der Waals surface area contributed by atoms with Crippen LogP contribution in [0.2, 0.25) is 0 Å². The highest BCUT2D eigenvalue weighted by molar-refractivity contribution is 5.83. The van der Waals surface area contributed by atoms with E-state index in [-0.39, 0.29) is 11.8 Å². The summed E-state index contributed by atoms with van der Waals surface area (Å²) < 4.78 is 5.73. The van der Waals surface area contributed by atoms with Gasteiger partial charge in [0.05, 0.1) is 12.5 Å². The number of hydrogen-bond donors (Lipinski definition) is 0. The van der Waals surface area contributed by atoms with E-state index < -0.39 is 0 Å². The number of amides is 1. The van der Waals surface area contributed by atoms with Crippen LogP contribution in [0.25, 0.3) is 11.5 Å². The van der Waals surface area contributed by atoms with Crippen molar-refractivity contribution in [2.45, 2.75) is 32.7 Å². The minimum Gasteiger partial charge on any atom is -0.419 e. The molecule has 0 saturated carbocycles. The van der Waals surface area contributed by atoms with E-state index in [4.69, 9.17) is 4.42 Å². The first kappa shape index (κ1) is 17.9. The van der Waals surface area contributed by atoms with Gasteiger partial charge in [0.2, 0.25) is 17.7 Å². The summed E-state index contributed by atoms with van der Waals surface area (Å²) in [6.45, 7) is 4.34. The fraction of sp³-hybridized carbons (Fsp3) is 0.286. The van der Waals surface area contributed by atoms with Crippen molar-refractivity contribution in [1.82, 2.24) is 15.1 Å². The zero-order valence-corrected chi connectivity index (χ0v) is 15.3. The van der Waals surface area contributed by atoms with E-state index in [1.165, 1.54) is 5.56 Å². The maximum atomic E-state index is 12.8. The number of aryl methyl sites for hydroxylation is 1. The molecule has 1 aromatic heterocycles. The maximum absolute atomic E-state index is 12.8. The second-order valence-corrected chi connectivity index (χ2v) is 6.43. The number of likely N-dealkylation sites (N-methyl/N-ethyl adjacent to an activating group) is 1. The Morgan fingerprint density at radius 3 is 2.42 bits per heavy atom. The molecule has 5 nitrogen and oxygen atoms in total. The van der Waals surface area contributed by atoms with Crippen molar-refractivity contribution in [2.75, 3.05) is 7.05 Å². The van der Waals surface area contributed by atoms with E-state index in [2.05, 4.69) is 10.2 Å². The van der Waals surface area contributed by atoms with Gasteiger partial charge in [0, 0.05) is 12.6 Å². The van der Waals surface area contributed by atoms with Crippen molar-refractivity contribution < 1.29 is 9.21 Å². The lowest BCUT2D eigenvalue weighted by molar-refractivity contribution is -0.132. The van der Waals surface area contributed by atoms with Crippen LogP contribution in [-0.4, -0.2) is 28.1 Å². The molecule has 0 unspecified atom stereocenters. The van der Waals surface area contributed by atoms with Crippen molar-refractivity contribution in [3.63, 3.8) is 0 Å². The Bertz CT molecular complexity index is 856. The van der Waals surface area contributed by atoms with E-state index >= 15 is 0 Å². The second kappa shape index (κ2) is 7.95. The normalized spacial score (nSPS) is 12.0. The summed E-state index contributed by atoms with van der Waals surface area (Å²) in [5, 5.41) is 8.18. The molecule has 1 amide bonds. The average molecular weight is 349 g/mol. The SMILES string of the molecule is CC[C@@H](C(=O)N(C)Cc1nnc(-c2ccc(C)cc2)o1)c1ccccc1. The average Bonchev–Trinajstić information content (AvgIpc) is 3.12. The summed E-state index contributed by atoms with van der Waals surface area (Å²) in [6.07, 6.45) is 0.742. The summed E-state index contributed by atoms with van der Waals surface area (Å²) >= 11 is 0. The summed E-state index contributed by atoms with van der Waals surface area (Å²) in [5.74, 6) is 0.782. The number of carbonyl (C=O) groups excluding carboxylic acids is 1. The molecule has 2 aromatic carbocycles. The molecule has 0 fully saturated rings. The van der Waals surface area contributed by atoms with Crippen LogP contribution in [0.1, 0.15) is 36.3 Å². The van der Waals surface area contributed by atoms with E-state index in [9.17, 15) is 4.79 Å². The van der Waals surface area contributed by atoms with Gasteiger partial charge in [-0.3, -0.25) is 4.79 Å². The highest BCUT2D eigenvalue weighted by atomic mass is 16.4. The third-order valence-electron chi connectivity index (χ3n) is 4.42. The molecule has 0 radical (unpaired) electrons. The second-order valence-electron chi connectivity index (χ2n) is 6.43. The van der Waals surface area contributed by atoms with Gasteiger partial charge >= 0.3 is 0 Å². The Morgan fingerprint density at radius 2 is 1.77 bits per heavy atom. The molecule has 0 spiro atoms. The van der Waals surface area contributed by atoms with Crippen LogP contribution in [0.3, 0.4) is 0 Å². The third kappa shape index (κ3) is 3.99. The minimum absolute atomic E-state index is 0.0498. The van der Waals surface area contributed by atoms with Crippen LogP contribution in [0.5, 0.6) is 0 Å². The zero-order chi connectivity index (χ0) is 18.5. The van der Waals surface area contributed by atoms with Crippen LogP contribution in [0.15, 0.2) is 59.0 Å². The van der Waals surface area contributed by atoms with Gasteiger partial charge in [-0.1, -0.05) is 55.0 Å². The van der Waals surface area contributed by atoms with Crippen molar-refractivity contribution in [2.24, 2.45) is 0 Å². The van der Waals surface area contributed by atoms with Crippen LogP contribution in [0.4, 0.5) is 0 Å². The third-order valence-corrected chi connectivity index (χ3v) is 4.42. The lowest BCUT2D eigenvalue weighted by atomic mass is 9.95. The largest absolute Gasteiger partial charge is 0.419 e. The molecule has 134 valence electrons. The summed E-state index contributed by atoms with van der Waals surface area (Å²) in [7, 11) is 1.77. The standard InChI is InChI=1S/C21H23N3O2/c1-4-18(16-8-6-5-7-9-16)21(25)24(3)14-19-22-23-20(26-19)17-12-10-15(2)11-13-17/h5-13,18H,4,14H2,1-3H3/t18-/m1/s1. The summed E-state index contributed by atoms with van der Waals surface area (Å²) in [5.41, 5.74) is 3.07. The molecule has 3 rings (SSSR count). The van der Waals surface area contributed by atoms with E-state index in [1.54, 1.807) is 11.9 Å². The van der Waals surface area contributed by atoms with Crippen LogP contribution in [0, 0.1) is 6.92 Å². The topological polar surface area (TPSA) is 59.2 Å². The van der Waals surface area contributed by atoms with Gasteiger partial charge in [-0.15, -0.1) is 10.2 Å². The van der Waals surface area contributed by atoms with Gasteiger partial charge in [0.1, 0.15) is 0 Å². The van der Waals surface area contributed by atoms with E-state index in [0.717, 1.165) is 17.5 Å². The number of benzene rings is 2. The monoisotopic (exact) mass is 349 g/mol. The van der Waals surface area contributed by atoms with Crippen molar-refractivity contribution in [1.29, 1.82) is 0 Å². The molecular formula is C21H23N3O2. The Hall–Kier alpha value is -2.95. The molecule has 26 heavy (non-hydrogen) atoms. The smallest absolute Gasteiger partial charge is 0.247 e. The first-order valence-corrected chi connectivity index (χ1v) is 8.77. The fourth-order valence-electron chi connectivity index (χ4n) is 2.92. The molecule has 3 aromatic rings. The summed E-state index contributed by atoms with van der Waals surface area (Å²) in [6, 6.07) is 17.7. The first-order valence-electron chi connectivity index (χ1n) is 8.77. The molecule has 1 heterocycles. The van der Waals surface area contributed by atoms with E-state index in [1.807, 2.05) is 68.4 Å². The number of carbonyl (C=O) groups is 1. The van der Waals surface area contributed by atoms with Gasteiger partial charge in [0.25, 0.3) is 0 Å². The first-order chi connectivity index (χ1) is 12.6. The number of rotatable bonds is 6. The van der Waals surface area contributed by atoms with Gasteiger partial charge in [-0.05, 0) is 31.0 Å². The number of nitrogens with zero attached hydrogens (tertiary/aromatic N) is 3. The minimum atomic E-state index is -0.166. The zero-order valence-electron chi connectivity index (χ0n) is 15.3. The Balaban J connectivity index is 1.70. The van der Waals surface area contributed by atoms with Crippen LogP contribution < -0.4 is 0 Å². The lowest BCUT2D eigenvalue weighted by Gasteiger charge is -2.22. The predicted molar refractivity (Wildman–Crippen MR) is 100 cm³/mol. The molecular weight excluding hydrogens is 326 g/mol. The van der Waals surface area contributed by atoms with Crippen molar-refractivity contribution in [3.8, 4) is 11.5 Å². The molecule has 1 atom stereocenters. The van der Waals surface area contributed by atoms with E-state index in [0.29, 0.717) is 18.3 Å². The fourth-order valence-corrected chi connectivity index (χ4v) is 2.92. The predicted octanol–water partition coefficient (Wildman–Crippen LogP) is 4.20. The Morgan fingerprint density at radius 1 is 1.08 bits per heavy atom. The summed E-state index contributed by atoms with van der Waals surface area (Å²) in [4.78, 5) is 14.5. The van der Waals surface area contributed by atoms with Crippen molar-refractivity contribution >= 4 is 5.91 Å². The van der Waals surface area contributed by atoms with Gasteiger partial charge in [0.15, 0.2) is 0 Å². The van der Waals surface area contributed by atoms with Crippen LogP contribution >= 0.6 is 0 Å².